The molecule has 1 N–H and O–H groups in total. The van der Waals surface area contributed by atoms with Crippen LogP contribution in [0.4, 0.5) is 13.2 Å². The molecule has 3 aromatic rings. The van der Waals surface area contributed by atoms with Crippen molar-refractivity contribution in [1.29, 1.82) is 0 Å². The quantitative estimate of drug-likeness (QED) is 0.384. The topological polar surface area (TPSA) is 49.8 Å². The number of hydrogen-bond acceptors (Lipinski definition) is 3. The van der Waals surface area contributed by atoms with Crippen molar-refractivity contribution in [1.82, 2.24) is 4.90 Å². The van der Waals surface area contributed by atoms with Crippen molar-refractivity contribution in [2.45, 2.75) is 31.7 Å². The van der Waals surface area contributed by atoms with E-state index in [-0.39, 0.29) is 23.7 Å². The number of para-hydroxylation sites is 1. The molecule has 1 saturated heterocycles. The van der Waals surface area contributed by atoms with E-state index >= 15 is 0 Å². The van der Waals surface area contributed by atoms with Crippen molar-refractivity contribution in [3.63, 3.8) is 0 Å². The number of halogens is 4. The number of carboxylic acid groups (broad SMARTS) is 1. The van der Waals surface area contributed by atoms with E-state index in [0.717, 1.165) is 17.7 Å². The molecule has 35 heavy (non-hydrogen) atoms. The average Bonchev–Trinajstić information content (AvgIpc) is 2.85. The normalized spacial score (nSPS) is 17.7. The third kappa shape index (κ3) is 5.97. The van der Waals surface area contributed by atoms with Gasteiger partial charge in [-0.2, -0.15) is 13.2 Å². The lowest BCUT2D eigenvalue weighted by Gasteiger charge is -2.38. The van der Waals surface area contributed by atoms with Gasteiger partial charge in [-0.1, -0.05) is 60.1 Å². The first-order chi connectivity index (χ1) is 16.7. The van der Waals surface area contributed by atoms with Gasteiger partial charge in [0.25, 0.3) is 0 Å². The zero-order valence-corrected chi connectivity index (χ0v) is 19.6. The first-order valence-electron chi connectivity index (χ1n) is 11.3. The number of benzene rings is 3. The van der Waals surface area contributed by atoms with Crippen molar-refractivity contribution in [2.75, 3.05) is 13.1 Å². The Labute approximate surface area is 206 Å². The van der Waals surface area contributed by atoms with Crippen molar-refractivity contribution < 1.29 is 27.8 Å². The van der Waals surface area contributed by atoms with Crippen LogP contribution < -0.4 is 4.74 Å². The number of alkyl halides is 3. The molecule has 2 atom stereocenters. The molecule has 1 aliphatic rings. The van der Waals surface area contributed by atoms with Gasteiger partial charge in [0.2, 0.25) is 0 Å². The van der Waals surface area contributed by atoms with E-state index < -0.39 is 29.7 Å². The van der Waals surface area contributed by atoms with Crippen LogP contribution in [0, 0.1) is 5.92 Å². The fourth-order valence-electron chi connectivity index (χ4n) is 4.51. The monoisotopic (exact) mass is 503 g/mol. The highest BCUT2D eigenvalue weighted by molar-refractivity contribution is 6.31. The molecule has 0 amide bonds. The maximum Gasteiger partial charge on any atom is 0.416 e. The molecule has 3 aromatic carbocycles. The highest BCUT2D eigenvalue weighted by Gasteiger charge is 2.36. The number of hydrogen-bond donors (Lipinski definition) is 1. The number of carbonyl (C=O) groups is 1. The second-order valence-electron chi connectivity index (χ2n) is 8.62. The summed E-state index contributed by atoms with van der Waals surface area (Å²) in [5.74, 6) is -1.03. The summed E-state index contributed by atoms with van der Waals surface area (Å²) in [5.41, 5.74) is 1.04. The molecule has 184 valence electrons. The van der Waals surface area contributed by atoms with Gasteiger partial charge < -0.3 is 9.84 Å². The zero-order chi connectivity index (χ0) is 25.0. The first kappa shape index (κ1) is 25.1. The molecule has 1 aliphatic heterocycles. The van der Waals surface area contributed by atoms with Crippen LogP contribution in [-0.2, 0) is 17.6 Å². The number of aliphatic carboxylic acids is 1. The lowest BCUT2D eigenvalue weighted by Crippen LogP contribution is -2.41. The van der Waals surface area contributed by atoms with Gasteiger partial charge in [0.15, 0.2) is 0 Å². The van der Waals surface area contributed by atoms with Gasteiger partial charge in [-0.15, -0.1) is 0 Å². The van der Waals surface area contributed by atoms with Crippen LogP contribution in [0.15, 0.2) is 72.8 Å². The third-order valence-corrected chi connectivity index (χ3v) is 6.58. The molecule has 4 rings (SSSR count). The van der Waals surface area contributed by atoms with E-state index in [2.05, 4.69) is 0 Å². The van der Waals surface area contributed by atoms with Crippen LogP contribution in [0.25, 0.3) is 0 Å². The highest BCUT2D eigenvalue weighted by atomic mass is 35.5. The Morgan fingerprint density at radius 1 is 1.06 bits per heavy atom. The van der Waals surface area contributed by atoms with Crippen molar-refractivity contribution >= 4 is 17.6 Å². The Bertz CT molecular complexity index is 1170. The Kier molecular flexibility index (Phi) is 7.67. The van der Waals surface area contributed by atoms with E-state index in [0.29, 0.717) is 30.7 Å². The fourth-order valence-corrected chi connectivity index (χ4v) is 4.73. The van der Waals surface area contributed by atoms with Crippen molar-refractivity contribution in [3.8, 4) is 5.75 Å². The minimum absolute atomic E-state index is 0.179. The Hall–Kier alpha value is -3.03. The second-order valence-corrected chi connectivity index (χ2v) is 9.03. The average molecular weight is 504 g/mol. The van der Waals surface area contributed by atoms with E-state index in [1.54, 1.807) is 24.3 Å². The molecule has 4 nitrogen and oxygen atoms in total. The van der Waals surface area contributed by atoms with Gasteiger partial charge in [-0.25, -0.2) is 0 Å². The molecular formula is C27H25ClF3NO3. The van der Waals surface area contributed by atoms with Gasteiger partial charge in [0, 0.05) is 17.1 Å². The number of rotatable bonds is 7. The van der Waals surface area contributed by atoms with Crippen LogP contribution in [0.3, 0.4) is 0 Å². The number of piperidine rings is 1. The minimum atomic E-state index is -4.54. The van der Waals surface area contributed by atoms with E-state index in [9.17, 15) is 23.1 Å². The molecule has 0 aromatic heterocycles. The summed E-state index contributed by atoms with van der Waals surface area (Å²) < 4.78 is 46.9. The SMILES string of the molecule is O=C(O)C1CCCN(C(c2cc(C(F)(F)F)ccc2Cl)c2ccccc2OCc2ccccc2)C1. The fraction of sp³-hybridized carbons (Fsp3) is 0.296. The molecule has 0 bridgehead atoms. The third-order valence-electron chi connectivity index (χ3n) is 6.24. The van der Waals surface area contributed by atoms with E-state index in [1.165, 1.54) is 6.07 Å². The number of likely N-dealkylation sites (tertiary alicyclic amines) is 1. The molecule has 0 saturated carbocycles. The molecule has 0 aliphatic carbocycles. The lowest BCUT2D eigenvalue weighted by molar-refractivity contribution is -0.143. The van der Waals surface area contributed by atoms with Gasteiger partial charge in [0.1, 0.15) is 12.4 Å². The molecule has 1 heterocycles. The smallest absolute Gasteiger partial charge is 0.416 e. The molecular weight excluding hydrogens is 479 g/mol. The summed E-state index contributed by atoms with van der Waals surface area (Å²) in [6, 6.07) is 19.3. The summed E-state index contributed by atoms with van der Waals surface area (Å²) in [6.45, 7) is 0.992. The predicted octanol–water partition coefficient (Wildman–Crippen LogP) is 6.82. The van der Waals surface area contributed by atoms with E-state index in [1.807, 2.05) is 35.2 Å². The standard InChI is InChI=1S/C27H25ClF3NO3/c28-23-13-12-20(27(29,30)31)15-22(23)25(32-14-6-9-19(16-32)26(33)34)21-10-4-5-11-24(21)35-17-18-7-2-1-3-8-18/h1-5,7-8,10-13,15,19,25H,6,9,14,16-17H2,(H,33,34). The predicted molar refractivity (Wildman–Crippen MR) is 127 cm³/mol. The molecule has 2 unspecified atom stereocenters. The van der Waals surface area contributed by atoms with Gasteiger partial charge >= 0.3 is 12.1 Å². The number of carboxylic acids is 1. The van der Waals surface area contributed by atoms with Crippen molar-refractivity contribution in [2.24, 2.45) is 5.92 Å². The summed E-state index contributed by atoms with van der Waals surface area (Å²) in [7, 11) is 0. The minimum Gasteiger partial charge on any atom is -0.489 e. The van der Waals surface area contributed by atoms with Crippen LogP contribution in [0.2, 0.25) is 5.02 Å². The Morgan fingerprint density at radius 2 is 1.77 bits per heavy atom. The summed E-state index contributed by atoms with van der Waals surface area (Å²) in [4.78, 5) is 13.6. The largest absolute Gasteiger partial charge is 0.489 e. The second kappa shape index (κ2) is 10.7. The highest BCUT2D eigenvalue weighted by Crippen LogP contribution is 2.42. The summed E-state index contributed by atoms with van der Waals surface area (Å²) >= 11 is 6.48. The van der Waals surface area contributed by atoms with Gasteiger partial charge in [-0.05, 0) is 54.8 Å². The van der Waals surface area contributed by atoms with Crippen LogP contribution in [0.5, 0.6) is 5.75 Å². The molecule has 0 spiro atoms. The summed E-state index contributed by atoms with van der Waals surface area (Å²) in [6.07, 6.45) is -3.42. The Balaban J connectivity index is 1.78. The maximum absolute atomic E-state index is 13.6. The number of ether oxygens (including phenoxy) is 1. The molecule has 8 heteroatoms. The zero-order valence-electron chi connectivity index (χ0n) is 18.8. The lowest BCUT2D eigenvalue weighted by atomic mass is 9.90. The van der Waals surface area contributed by atoms with Crippen LogP contribution in [-0.4, -0.2) is 29.1 Å². The summed E-state index contributed by atoms with van der Waals surface area (Å²) in [5, 5.41) is 9.80. The number of nitrogens with zero attached hydrogens (tertiary/aromatic N) is 1. The van der Waals surface area contributed by atoms with Gasteiger partial charge in [-0.3, -0.25) is 9.69 Å². The maximum atomic E-state index is 13.6. The van der Waals surface area contributed by atoms with E-state index in [4.69, 9.17) is 16.3 Å². The van der Waals surface area contributed by atoms with Gasteiger partial charge in [0.05, 0.1) is 17.5 Å². The van der Waals surface area contributed by atoms with Crippen LogP contribution in [0.1, 0.15) is 41.1 Å². The first-order valence-corrected chi connectivity index (χ1v) is 11.7. The van der Waals surface area contributed by atoms with Crippen molar-refractivity contribution in [3.05, 3.63) is 100 Å². The Morgan fingerprint density at radius 3 is 2.49 bits per heavy atom. The van der Waals surface area contributed by atoms with Crippen LogP contribution >= 0.6 is 11.6 Å². The molecule has 0 radical (unpaired) electrons. The molecule has 1 fully saturated rings.